The lowest BCUT2D eigenvalue weighted by atomic mass is 10.2. The van der Waals surface area contributed by atoms with E-state index < -0.39 is 11.9 Å². The van der Waals surface area contributed by atoms with Gasteiger partial charge < -0.3 is 9.84 Å². The van der Waals surface area contributed by atoms with E-state index in [-0.39, 0.29) is 11.9 Å². The Kier molecular flexibility index (Phi) is 4.20. The first-order valence-corrected chi connectivity index (χ1v) is 7.20. The van der Waals surface area contributed by atoms with Gasteiger partial charge in [-0.05, 0) is 13.3 Å². The Labute approximate surface area is 130 Å². The van der Waals surface area contributed by atoms with Crippen LogP contribution in [0.2, 0.25) is 0 Å². The van der Waals surface area contributed by atoms with Gasteiger partial charge in [0.15, 0.2) is 0 Å². The van der Waals surface area contributed by atoms with Crippen molar-refractivity contribution in [1.82, 2.24) is 20.0 Å². The lowest BCUT2D eigenvalue weighted by Gasteiger charge is -2.16. The van der Waals surface area contributed by atoms with Crippen molar-refractivity contribution >= 4 is 5.82 Å². The van der Waals surface area contributed by atoms with E-state index in [0.717, 1.165) is 36.8 Å². The molecule has 1 saturated heterocycles. The number of rotatable bonds is 4. The molecule has 0 amide bonds. The molecule has 1 aliphatic heterocycles. The van der Waals surface area contributed by atoms with Gasteiger partial charge in [-0.1, -0.05) is 5.16 Å². The summed E-state index contributed by atoms with van der Waals surface area (Å²) in [5.74, 6) is 0.950. The van der Waals surface area contributed by atoms with Gasteiger partial charge in [0.05, 0.1) is 5.69 Å². The second-order valence-electron chi connectivity index (χ2n) is 5.58. The van der Waals surface area contributed by atoms with E-state index in [2.05, 4.69) is 25.3 Å². The van der Waals surface area contributed by atoms with Crippen LogP contribution in [0.3, 0.4) is 0 Å². The monoisotopic (exact) mass is 327 g/mol. The molecule has 0 saturated carbocycles. The molecule has 1 unspecified atom stereocenters. The summed E-state index contributed by atoms with van der Waals surface area (Å²) >= 11 is 0. The van der Waals surface area contributed by atoms with Crippen molar-refractivity contribution in [3.05, 3.63) is 35.6 Å². The molecule has 0 aromatic carbocycles. The van der Waals surface area contributed by atoms with E-state index in [1.807, 2.05) is 13.0 Å². The number of alkyl halides is 3. The summed E-state index contributed by atoms with van der Waals surface area (Å²) in [6.45, 7) is 4.03. The van der Waals surface area contributed by atoms with Crippen LogP contribution in [0.4, 0.5) is 19.0 Å². The van der Waals surface area contributed by atoms with Crippen LogP contribution in [0.15, 0.2) is 23.0 Å². The van der Waals surface area contributed by atoms with E-state index in [1.165, 1.54) is 0 Å². The SMILES string of the molecule is Cc1cc(CN2CCC(Nc3cc(C(F)(F)F)ncn3)C2)no1. The molecule has 1 N–H and O–H groups in total. The normalized spacial score (nSPS) is 19.2. The van der Waals surface area contributed by atoms with Gasteiger partial charge in [-0.15, -0.1) is 0 Å². The average Bonchev–Trinajstić information content (AvgIpc) is 3.08. The van der Waals surface area contributed by atoms with Crippen LogP contribution >= 0.6 is 0 Å². The molecule has 1 aliphatic rings. The first-order chi connectivity index (χ1) is 10.9. The molecule has 2 aromatic rings. The minimum absolute atomic E-state index is 0.0407. The Morgan fingerprint density at radius 2 is 2.17 bits per heavy atom. The smallest absolute Gasteiger partial charge is 0.366 e. The van der Waals surface area contributed by atoms with Gasteiger partial charge >= 0.3 is 6.18 Å². The maximum atomic E-state index is 12.6. The zero-order valence-corrected chi connectivity index (χ0v) is 12.5. The Morgan fingerprint density at radius 3 is 2.87 bits per heavy atom. The van der Waals surface area contributed by atoms with Crippen LogP contribution < -0.4 is 5.32 Å². The predicted octanol–water partition coefficient (Wildman–Crippen LogP) is 2.48. The Balaban J connectivity index is 1.57. The minimum Gasteiger partial charge on any atom is -0.366 e. The largest absolute Gasteiger partial charge is 0.433 e. The molecule has 0 bridgehead atoms. The van der Waals surface area contributed by atoms with Gasteiger partial charge in [-0.2, -0.15) is 13.2 Å². The maximum Gasteiger partial charge on any atom is 0.433 e. The average molecular weight is 327 g/mol. The van der Waals surface area contributed by atoms with Crippen molar-refractivity contribution in [2.75, 3.05) is 18.4 Å². The summed E-state index contributed by atoms with van der Waals surface area (Å²) < 4.78 is 43.0. The highest BCUT2D eigenvalue weighted by Crippen LogP contribution is 2.28. The first kappa shape index (κ1) is 15.7. The maximum absolute atomic E-state index is 12.6. The Morgan fingerprint density at radius 1 is 1.35 bits per heavy atom. The topological polar surface area (TPSA) is 67.1 Å². The number of nitrogens with one attached hydrogen (secondary N) is 1. The Hall–Kier alpha value is -2.16. The predicted molar refractivity (Wildman–Crippen MR) is 75.6 cm³/mol. The van der Waals surface area contributed by atoms with Gasteiger partial charge in [0, 0.05) is 37.8 Å². The third-order valence-corrected chi connectivity index (χ3v) is 3.64. The van der Waals surface area contributed by atoms with Crippen LogP contribution in [-0.2, 0) is 12.7 Å². The van der Waals surface area contributed by atoms with Crippen LogP contribution in [0.25, 0.3) is 0 Å². The highest BCUT2D eigenvalue weighted by Gasteiger charge is 2.33. The van der Waals surface area contributed by atoms with Crippen molar-refractivity contribution in [3.63, 3.8) is 0 Å². The molecule has 0 aliphatic carbocycles. The van der Waals surface area contributed by atoms with E-state index in [1.54, 1.807) is 0 Å². The lowest BCUT2D eigenvalue weighted by Crippen LogP contribution is -2.26. The summed E-state index contributed by atoms with van der Waals surface area (Å²) in [5, 5.41) is 6.98. The minimum atomic E-state index is -4.47. The fourth-order valence-corrected chi connectivity index (χ4v) is 2.62. The fraction of sp³-hybridized carbons (Fsp3) is 0.500. The zero-order valence-electron chi connectivity index (χ0n) is 12.5. The van der Waals surface area contributed by atoms with E-state index in [0.29, 0.717) is 13.1 Å². The van der Waals surface area contributed by atoms with Gasteiger partial charge in [0.2, 0.25) is 0 Å². The van der Waals surface area contributed by atoms with Crippen molar-refractivity contribution in [1.29, 1.82) is 0 Å². The molecule has 3 rings (SSSR count). The standard InChI is InChI=1S/C14H16F3N5O/c1-9-4-11(21-23-9)7-22-3-2-10(6-22)20-13-5-12(14(15,16)17)18-8-19-13/h4-5,8,10H,2-3,6-7H2,1H3,(H,18,19,20). The van der Waals surface area contributed by atoms with E-state index in [9.17, 15) is 13.2 Å². The second kappa shape index (κ2) is 6.15. The molecule has 6 nitrogen and oxygen atoms in total. The molecule has 9 heteroatoms. The van der Waals surface area contributed by atoms with Gasteiger partial charge in [0.1, 0.15) is 23.6 Å². The zero-order chi connectivity index (χ0) is 16.4. The molecular weight excluding hydrogens is 311 g/mol. The quantitative estimate of drug-likeness (QED) is 0.930. The summed E-state index contributed by atoms with van der Waals surface area (Å²) in [5.41, 5.74) is -0.0903. The third-order valence-electron chi connectivity index (χ3n) is 3.64. The number of hydrogen-bond donors (Lipinski definition) is 1. The number of nitrogens with zero attached hydrogens (tertiary/aromatic N) is 4. The van der Waals surface area contributed by atoms with Crippen molar-refractivity contribution in [2.24, 2.45) is 0 Å². The summed E-state index contributed by atoms with van der Waals surface area (Å²) in [7, 11) is 0. The number of anilines is 1. The van der Waals surface area contributed by atoms with Gasteiger partial charge in [-0.3, -0.25) is 4.90 Å². The number of likely N-dealkylation sites (tertiary alicyclic amines) is 1. The number of halogens is 3. The molecule has 1 fully saturated rings. The molecule has 0 radical (unpaired) electrons. The van der Waals surface area contributed by atoms with Crippen LogP contribution in [0, 0.1) is 6.92 Å². The molecular formula is C14H16F3N5O. The second-order valence-corrected chi connectivity index (χ2v) is 5.58. The first-order valence-electron chi connectivity index (χ1n) is 7.20. The van der Waals surface area contributed by atoms with Crippen LogP contribution in [0.1, 0.15) is 23.6 Å². The summed E-state index contributed by atoms with van der Waals surface area (Å²) in [6, 6.07) is 2.85. The number of aryl methyl sites for hydroxylation is 1. The highest BCUT2D eigenvalue weighted by molar-refractivity contribution is 5.37. The number of aromatic nitrogens is 3. The van der Waals surface area contributed by atoms with E-state index in [4.69, 9.17) is 4.52 Å². The van der Waals surface area contributed by atoms with Gasteiger partial charge in [0.25, 0.3) is 0 Å². The van der Waals surface area contributed by atoms with Crippen molar-refractivity contribution in [3.8, 4) is 0 Å². The Bertz CT molecular complexity index is 672. The van der Waals surface area contributed by atoms with Gasteiger partial charge in [-0.25, -0.2) is 9.97 Å². The molecule has 1 atom stereocenters. The molecule has 23 heavy (non-hydrogen) atoms. The fourth-order valence-electron chi connectivity index (χ4n) is 2.62. The highest BCUT2D eigenvalue weighted by atomic mass is 19.4. The lowest BCUT2D eigenvalue weighted by molar-refractivity contribution is -0.141. The summed E-state index contributed by atoms with van der Waals surface area (Å²) in [6.07, 6.45) is -2.72. The van der Waals surface area contributed by atoms with Crippen molar-refractivity contribution < 1.29 is 17.7 Å². The molecule has 3 heterocycles. The third kappa shape index (κ3) is 3.98. The molecule has 2 aromatic heterocycles. The van der Waals surface area contributed by atoms with Crippen molar-refractivity contribution in [2.45, 2.75) is 32.1 Å². The van der Waals surface area contributed by atoms with E-state index >= 15 is 0 Å². The molecule has 124 valence electrons. The summed E-state index contributed by atoms with van der Waals surface area (Å²) in [4.78, 5) is 9.28. The molecule has 0 spiro atoms. The van der Waals surface area contributed by atoms with Crippen LogP contribution in [-0.4, -0.2) is 39.2 Å². The number of hydrogen-bond acceptors (Lipinski definition) is 6. The van der Waals surface area contributed by atoms with Crippen LogP contribution in [0.5, 0.6) is 0 Å².